The largest absolute Gasteiger partial charge is 0.478 e. The topological polar surface area (TPSA) is 9.23 Å². The first-order valence-electron chi connectivity index (χ1n) is 12.0. The Kier molecular flexibility index (Phi) is 7.30. The van der Waals surface area contributed by atoms with Gasteiger partial charge in [-0.15, -0.1) is 0 Å². The molecule has 2 aliphatic carbocycles. The molecule has 2 aromatic rings. The van der Waals surface area contributed by atoms with Gasteiger partial charge in [-0.25, -0.2) is 8.78 Å². The summed E-state index contributed by atoms with van der Waals surface area (Å²) in [7, 11) is 0. The molecule has 2 aliphatic rings. The van der Waals surface area contributed by atoms with E-state index in [-0.39, 0.29) is 5.56 Å². The van der Waals surface area contributed by atoms with E-state index in [4.69, 9.17) is 0 Å². The van der Waals surface area contributed by atoms with Crippen molar-refractivity contribution in [3.8, 4) is 16.9 Å². The number of fused-ring (bicyclic) bond motifs is 1. The first kappa shape index (κ1) is 24.0. The molecule has 2 aromatic carbocycles. The molecule has 4 unspecified atom stereocenters. The van der Waals surface area contributed by atoms with Crippen LogP contribution in [0.3, 0.4) is 0 Å². The van der Waals surface area contributed by atoms with E-state index < -0.39 is 30.2 Å². The van der Waals surface area contributed by atoms with Crippen LogP contribution in [0.1, 0.15) is 69.8 Å². The van der Waals surface area contributed by atoms with E-state index >= 15 is 0 Å². The van der Waals surface area contributed by atoms with E-state index in [1.54, 1.807) is 0 Å². The van der Waals surface area contributed by atoms with Gasteiger partial charge in [-0.2, -0.15) is 13.2 Å². The quantitative estimate of drug-likeness (QED) is 0.387. The van der Waals surface area contributed by atoms with Crippen LogP contribution < -0.4 is 4.74 Å². The fourth-order valence-corrected chi connectivity index (χ4v) is 5.93. The summed E-state index contributed by atoms with van der Waals surface area (Å²) in [4.78, 5) is 0. The van der Waals surface area contributed by atoms with Crippen molar-refractivity contribution < 1.29 is 26.7 Å². The molecule has 0 saturated heterocycles. The Morgan fingerprint density at radius 2 is 1.48 bits per heavy atom. The summed E-state index contributed by atoms with van der Waals surface area (Å²) in [5.74, 6) is -0.227. The number of hydrogen-bond acceptors (Lipinski definition) is 1. The molecule has 1 nitrogen and oxygen atoms in total. The lowest BCUT2D eigenvalue weighted by Gasteiger charge is -2.42. The molecule has 2 fully saturated rings. The molecule has 0 heterocycles. The van der Waals surface area contributed by atoms with Gasteiger partial charge >= 0.3 is 6.18 Å². The van der Waals surface area contributed by atoms with E-state index in [1.807, 2.05) is 24.3 Å². The number of alkyl halides is 3. The molecule has 2 saturated carbocycles. The molecule has 0 aromatic heterocycles. The maximum Gasteiger partial charge on any atom is 0.422 e. The fourth-order valence-electron chi connectivity index (χ4n) is 5.93. The van der Waals surface area contributed by atoms with Crippen molar-refractivity contribution in [2.75, 3.05) is 6.61 Å². The summed E-state index contributed by atoms with van der Waals surface area (Å²) >= 11 is 0. The van der Waals surface area contributed by atoms with Crippen LogP contribution >= 0.6 is 0 Å². The molecule has 6 heteroatoms. The van der Waals surface area contributed by atoms with Crippen molar-refractivity contribution in [2.45, 2.75) is 70.4 Å². The first-order valence-corrected chi connectivity index (χ1v) is 12.0. The Labute approximate surface area is 192 Å². The van der Waals surface area contributed by atoms with Crippen molar-refractivity contribution in [1.29, 1.82) is 0 Å². The van der Waals surface area contributed by atoms with Crippen LogP contribution in [-0.4, -0.2) is 12.8 Å². The predicted octanol–water partition coefficient (Wildman–Crippen LogP) is 8.67. The molecule has 0 amide bonds. The lowest BCUT2D eigenvalue weighted by Crippen LogP contribution is -2.30. The van der Waals surface area contributed by atoms with Crippen LogP contribution in [0.2, 0.25) is 0 Å². The Morgan fingerprint density at radius 3 is 2.12 bits per heavy atom. The molecule has 180 valence electrons. The minimum Gasteiger partial charge on any atom is -0.478 e. The number of halogens is 5. The third-order valence-electron chi connectivity index (χ3n) is 7.51. The predicted molar refractivity (Wildman–Crippen MR) is 119 cm³/mol. The van der Waals surface area contributed by atoms with Crippen LogP contribution in [0.25, 0.3) is 11.1 Å². The maximum absolute atomic E-state index is 14.2. The monoisotopic (exact) mass is 466 g/mol. The smallest absolute Gasteiger partial charge is 0.422 e. The van der Waals surface area contributed by atoms with Crippen LogP contribution in [0, 0.1) is 29.4 Å². The third kappa shape index (κ3) is 5.88. The number of ether oxygens (including phenoxy) is 1. The molecule has 0 radical (unpaired) electrons. The van der Waals surface area contributed by atoms with Gasteiger partial charge in [0.25, 0.3) is 0 Å². The number of rotatable bonds is 6. The molecule has 0 bridgehead atoms. The molecule has 4 rings (SSSR count). The van der Waals surface area contributed by atoms with Crippen molar-refractivity contribution in [3.63, 3.8) is 0 Å². The molecule has 0 spiro atoms. The fraction of sp³-hybridized carbons (Fsp3) is 0.556. The van der Waals surface area contributed by atoms with Gasteiger partial charge in [0.15, 0.2) is 24.0 Å². The summed E-state index contributed by atoms with van der Waals surface area (Å²) in [5, 5.41) is 0. The van der Waals surface area contributed by atoms with E-state index in [0.29, 0.717) is 11.5 Å². The number of hydrogen-bond donors (Lipinski definition) is 0. The average Bonchev–Trinajstić information content (AvgIpc) is 2.77. The lowest BCUT2D eigenvalue weighted by atomic mass is 9.63. The highest BCUT2D eigenvalue weighted by Crippen LogP contribution is 2.48. The lowest BCUT2D eigenvalue weighted by molar-refractivity contribution is -0.154. The zero-order chi connectivity index (χ0) is 23.6. The van der Waals surface area contributed by atoms with Gasteiger partial charge in [0.2, 0.25) is 0 Å². The highest BCUT2D eigenvalue weighted by Gasteiger charge is 2.35. The average molecular weight is 467 g/mol. The van der Waals surface area contributed by atoms with Crippen LogP contribution in [0.15, 0.2) is 36.4 Å². The van der Waals surface area contributed by atoms with Gasteiger partial charge in [-0.05, 0) is 84.6 Å². The Hall–Kier alpha value is -2.11. The normalized spacial score (nSPS) is 25.5. The molecular formula is C27H31F5O. The van der Waals surface area contributed by atoms with Gasteiger partial charge in [0.05, 0.1) is 0 Å². The molecule has 4 atom stereocenters. The van der Waals surface area contributed by atoms with Crippen LogP contribution in [-0.2, 0) is 0 Å². The van der Waals surface area contributed by atoms with Gasteiger partial charge in [-0.3, -0.25) is 0 Å². The van der Waals surface area contributed by atoms with E-state index in [9.17, 15) is 22.0 Å². The third-order valence-corrected chi connectivity index (χ3v) is 7.51. The summed E-state index contributed by atoms with van der Waals surface area (Å²) in [5.41, 5.74) is 2.14. The van der Waals surface area contributed by atoms with E-state index in [0.717, 1.165) is 29.9 Å². The van der Waals surface area contributed by atoms with E-state index in [2.05, 4.69) is 11.7 Å². The van der Waals surface area contributed by atoms with E-state index in [1.165, 1.54) is 56.9 Å². The standard InChI is InChI=1S/C27H31F5O/c1-2-3-17-4-5-22-13-21(11-10-20(22)12-17)18-6-8-19(9-7-18)23-14-24(28)26(25(29)15-23)33-16-27(30,31)32/h6-9,14-15,17,20-22H,2-5,10-13,16H2,1H3. The van der Waals surface area contributed by atoms with Crippen LogP contribution in [0.4, 0.5) is 22.0 Å². The summed E-state index contributed by atoms with van der Waals surface area (Å²) in [6, 6.07) is 9.75. The molecule has 0 aliphatic heterocycles. The summed E-state index contributed by atoms with van der Waals surface area (Å²) < 4.78 is 69.7. The Morgan fingerprint density at radius 1 is 0.848 bits per heavy atom. The second-order valence-corrected chi connectivity index (χ2v) is 9.79. The van der Waals surface area contributed by atoms with Crippen LogP contribution in [0.5, 0.6) is 5.75 Å². The number of benzene rings is 2. The minimum absolute atomic E-state index is 0.272. The van der Waals surface area contributed by atoms with Crippen molar-refractivity contribution in [3.05, 3.63) is 53.6 Å². The minimum atomic E-state index is -4.67. The van der Waals surface area contributed by atoms with Gasteiger partial charge in [0.1, 0.15) is 0 Å². The highest BCUT2D eigenvalue weighted by molar-refractivity contribution is 5.65. The second-order valence-electron chi connectivity index (χ2n) is 9.79. The Balaban J connectivity index is 1.42. The van der Waals surface area contributed by atoms with Crippen molar-refractivity contribution >= 4 is 0 Å². The summed E-state index contributed by atoms with van der Waals surface area (Å²) in [6.07, 6.45) is 5.66. The second kappa shape index (κ2) is 10.0. The zero-order valence-corrected chi connectivity index (χ0v) is 18.9. The maximum atomic E-state index is 14.2. The first-order chi connectivity index (χ1) is 15.7. The molecule has 0 N–H and O–H groups in total. The summed E-state index contributed by atoms with van der Waals surface area (Å²) in [6.45, 7) is 0.531. The van der Waals surface area contributed by atoms with Crippen molar-refractivity contribution in [2.24, 2.45) is 17.8 Å². The zero-order valence-electron chi connectivity index (χ0n) is 18.9. The molecular weight excluding hydrogens is 435 g/mol. The van der Waals surface area contributed by atoms with Gasteiger partial charge in [0, 0.05) is 0 Å². The Bertz CT molecular complexity index is 914. The SMILES string of the molecule is CCCC1CCC2CC(c3ccc(-c4cc(F)c(OCC(F)(F)F)c(F)c4)cc3)CCC2C1. The highest BCUT2D eigenvalue weighted by atomic mass is 19.4. The molecule has 33 heavy (non-hydrogen) atoms. The van der Waals surface area contributed by atoms with Crippen molar-refractivity contribution in [1.82, 2.24) is 0 Å². The van der Waals surface area contributed by atoms with Gasteiger partial charge < -0.3 is 4.74 Å². The van der Waals surface area contributed by atoms with Gasteiger partial charge in [-0.1, -0.05) is 50.5 Å².